The smallest absolute Gasteiger partial charge is 0.126 e. The molecule has 0 saturated carbocycles. The number of unbranched alkanes of at least 4 members (excludes halogenated alkanes) is 4. The highest BCUT2D eigenvalue weighted by Gasteiger charge is 2.48. The summed E-state index contributed by atoms with van der Waals surface area (Å²) in [6, 6.07) is 12.4. The highest BCUT2D eigenvalue weighted by molar-refractivity contribution is 8.00. The fraction of sp³-hybridized carbons (Fsp3) is 0.676. The summed E-state index contributed by atoms with van der Waals surface area (Å²) in [6.45, 7) is 12.3. The molecule has 1 aliphatic rings. The lowest BCUT2D eigenvalue weighted by atomic mass is 9.94. The minimum Gasteiger partial charge on any atom is -0.497 e. The second kappa shape index (κ2) is 21.4. The van der Waals surface area contributed by atoms with Crippen molar-refractivity contribution in [1.29, 1.82) is 0 Å². The van der Waals surface area contributed by atoms with Gasteiger partial charge in [-0.05, 0) is 54.5 Å². The Morgan fingerprint density at radius 3 is 1.91 bits per heavy atom. The van der Waals surface area contributed by atoms with Crippen molar-refractivity contribution in [3.05, 3.63) is 58.1 Å². The molecule has 0 unspecified atom stereocenters. The summed E-state index contributed by atoms with van der Waals surface area (Å²) >= 11 is 8.76. The van der Waals surface area contributed by atoms with E-state index in [4.69, 9.17) is 40.0 Å². The van der Waals surface area contributed by atoms with Crippen LogP contribution < -0.4 is 9.47 Å². The van der Waals surface area contributed by atoms with E-state index in [1.54, 1.807) is 14.2 Å². The van der Waals surface area contributed by atoms with E-state index in [0.717, 1.165) is 85.6 Å². The van der Waals surface area contributed by atoms with Crippen molar-refractivity contribution in [1.82, 2.24) is 0 Å². The molecule has 0 spiro atoms. The van der Waals surface area contributed by atoms with Crippen LogP contribution in [0.2, 0.25) is 5.02 Å². The Labute approximate surface area is 282 Å². The Morgan fingerprint density at radius 2 is 1.29 bits per heavy atom. The van der Waals surface area contributed by atoms with Crippen LogP contribution >= 0.6 is 23.4 Å². The van der Waals surface area contributed by atoms with Gasteiger partial charge in [0.15, 0.2) is 0 Å². The van der Waals surface area contributed by atoms with Crippen molar-refractivity contribution in [3.8, 4) is 11.5 Å². The van der Waals surface area contributed by atoms with Crippen LogP contribution in [0.15, 0.2) is 36.4 Å². The summed E-state index contributed by atoms with van der Waals surface area (Å²) in [5.74, 6) is 1.54. The molecule has 254 valence electrons. The van der Waals surface area contributed by atoms with Crippen LogP contribution in [-0.4, -0.2) is 70.8 Å². The van der Waals surface area contributed by atoms with Gasteiger partial charge >= 0.3 is 0 Å². The fourth-order valence-corrected chi connectivity index (χ4v) is 7.35. The van der Waals surface area contributed by atoms with Crippen molar-refractivity contribution >= 4 is 23.4 Å². The average Bonchev–Trinajstić information content (AvgIpc) is 3.05. The molecule has 1 aliphatic heterocycles. The normalized spacial score (nSPS) is 21.6. The highest BCUT2D eigenvalue weighted by atomic mass is 35.5. The molecule has 0 aromatic heterocycles. The van der Waals surface area contributed by atoms with Gasteiger partial charge in [-0.15, -0.1) is 11.8 Å². The zero-order valence-electron chi connectivity index (χ0n) is 28.5. The van der Waals surface area contributed by atoms with E-state index in [9.17, 15) is 0 Å². The average molecular weight is 665 g/mol. The lowest BCUT2D eigenvalue weighted by molar-refractivity contribution is -0.149. The first-order valence-corrected chi connectivity index (χ1v) is 18.4. The molecule has 1 heterocycles. The van der Waals surface area contributed by atoms with Crippen LogP contribution in [0.1, 0.15) is 101 Å². The van der Waals surface area contributed by atoms with E-state index < -0.39 is 0 Å². The number of benzene rings is 2. The number of thioether (sulfide) groups is 1. The number of halogens is 1. The van der Waals surface area contributed by atoms with Crippen molar-refractivity contribution in [2.24, 2.45) is 0 Å². The SMILES string of the molecule is CCCCOC[C@H]1S[C@@H](c2ccc(Cl)c(Cc3ccc(OC)cc3OC)c2)[C@H](OCCCC)[C@@H](OCCCC)[C@@H]1OCCCC. The Morgan fingerprint density at radius 1 is 0.667 bits per heavy atom. The van der Waals surface area contributed by atoms with E-state index in [1.807, 2.05) is 36.0 Å². The van der Waals surface area contributed by atoms with Gasteiger partial charge in [0.25, 0.3) is 0 Å². The summed E-state index contributed by atoms with van der Waals surface area (Å²) in [6.07, 6.45) is 8.59. The second-order valence-electron chi connectivity index (χ2n) is 11.8. The highest BCUT2D eigenvalue weighted by Crippen LogP contribution is 2.47. The van der Waals surface area contributed by atoms with Gasteiger partial charge in [0.1, 0.15) is 29.8 Å². The second-order valence-corrected chi connectivity index (χ2v) is 13.6. The summed E-state index contributed by atoms with van der Waals surface area (Å²) in [4.78, 5) is 0. The first kappa shape index (κ1) is 38.0. The lowest BCUT2D eigenvalue weighted by Gasteiger charge is -2.46. The minimum atomic E-state index is -0.197. The molecule has 6 nitrogen and oxygen atoms in total. The van der Waals surface area contributed by atoms with E-state index >= 15 is 0 Å². The molecule has 2 aromatic carbocycles. The molecule has 5 atom stereocenters. The van der Waals surface area contributed by atoms with Crippen LogP contribution in [-0.2, 0) is 25.4 Å². The third kappa shape index (κ3) is 11.6. The zero-order chi connectivity index (χ0) is 32.4. The summed E-state index contributed by atoms with van der Waals surface area (Å²) in [5, 5.41) is 0.882. The molecule has 0 radical (unpaired) electrons. The predicted octanol–water partition coefficient (Wildman–Crippen LogP) is 9.48. The maximum atomic E-state index is 6.84. The van der Waals surface area contributed by atoms with Crippen molar-refractivity contribution in [2.75, 3.05) is 47.3 Å². The van der Waals surface area contributed by atoms with Crippen molar-refractivity contribution in [3.63, 3.8) is 0 Å². The Bertz CT molecular complexity index is 1100. The molecule has 1 fully saturated rings. The molecular formula is C37H57ClO6S. The van der Waals surface area contributed by atoms with Crippen LogP contribution in [0.3, 0.4) is 0 Å². The molecule has 1 saturated heterocycles. The maximum absolute atomic E-state index is 6.84. The predicted molar refractivity (Wildman–Crippen MR) is 188 cm³/mol. The quantitative estimate of drug-likeness (QED) is 0.116. The van der Waals surface area contributed by atoms with Gasteiger partial charge in [0, 0.05) is 43.9 Å². The third-order valence-electron chi connectivity index (χ3n) is 8.26. The molecule has 0 bridgehead atoms. The van der Waals surface area contributed by atoms with Gasteiger partial charge in [-0.3, -0.25) is 0 Å². The van der Waals surface area contributed by atoms with Gasteiger partial charge in [0.2, 0.25) is 0 Å². The van der Waals surface area contributed by atoms with Gasteiger partial charge < -0.3 is 28.4 Å². The molecule has 8 heteroatoms. The van der Waals surface area contributed by atoms with Crippen LogP contribution in [0.4, 0.5) is 0 Å². The summed E-state index contributed by atoms with van der Waals surface area (Å²) in [5.41, 5.74) is 3.28. The molecule has 0 N–H and O–H groups in total. The Kier molecular flexibility index (Phi) is 18.1. The number of hydrogen-bond acceptors (Lipinski definition) is 7. The Balaban J connectivity index is 2.01. The van der Waals surface area contributed by atoms with E-state index in [2.05, 4.69) is 39.8 Å². The lowest BCUT2D eigenvalue weighted by Crippen LogP contribution is -2.55. The minimum absolute atomic E-state index is 0.0352. The number of ether oxygens (including phenoxy) is 6. The van der Waals surface area contributed by atoms with E-state index in [0.29, 0.717) is 32.8 Å². The van der Waals surface area contributed by atoms with Gasteiger partial charge in [-0.2, -0.15) is 0 Å². The van der Waals surface area contributed by atoms with Gasteiger partial charge in [-0.1, -0.05) is 83.2 Å². The largest absolute Gasteiger partial charge is 0.497 e. The van der Waals surface area contributed by atoms with Gasteiger partial charge in [0.05, 0.1) is 31.3 Å². The first-order valence-electron chi connectivity index (χ1n) is 17.1. The fourth-order valence-electron chi connectivity index (χ4n) is 5.54. The van der Waals surface area contributed by atoms with Crippen LogP contribution in [0.5, 0.6) is 11.5 Å². The van der Waals surface area contributed by atoms with Crippen molar-refractivity contribution in [2.45, 2.75) is 114 Å². The Hall–Kier alpha value is -1.48. The topological polar surface area (TPSA) is 55.4 Å². The molecule has 0 amide bonds. The van der Waals surface area contributed by atoms with E-state index in [1.165, 1.54) is 5.56 Å². The molecule has 2 aromatic rings. The van der Waals surface area contributed by atoms with Gasteiger partial charge in [-0.25, -0.2) is 0 Å². The number of methoxy groups -OCH3 is 2. The third-order valence-corrected chi connectivity index (χ3v) is 10.2. The van der Waals surface area contributed by atoms with Crippen LogP contribution in [0, 0.1) is 0 Å². The molecular weight excluding hydrogens is 608 g/mol. The summed E-state index contributed by atoms with van der Waals surface area (Å²) < 4.78 is 37.6. The summed E-state index contributed by atoms with van der Waals surface area (Å²) in [7, 11) is 3.35. The standard InChI is InChI=1S/C37H57ClO6S/c1-7-11-19-41-26-33-34(42-20-12-8-2)35(43-21-13-9-3)36(44-22-14-10-4)37(45-33)28-16-18-31(38)29(24-28)23-27-15-17-30(39-5)25-32(27)40-6/h15-18,24-25,33-37H,7-14,19-23,26H2,1-6H3/t33-,34-,35+,36-,37+/m1/s1. The first-order chi connectivity index (χ1) is 22.0. The molecule has 0 aliphatic carbocycles. The molecule has 3 rings (SSSR count). The molecule has 45 heavy (non-hydrogen) atoms. The maximum Gasteiger partial charge on any atom is 0.126 e. The van der Waals surface area contributed by atoms with Crippen LogP contribution in [0.25, 0.3) is 0 Å². The number of hydrogen-bond donors (Lipinski definition) is 0. The van der Waals surface area contributed by atoms with E-state index in [-0.39, 0.29) is 28.8 Å². The number of rotatable bonds is 22. The monoisotopic (exact) mass is 664 g/mol. The zero-order valence-corrected chi connectivity index (χ0v) is 30.1. The van der Waals surface area contributed by atoms with Crippen molar-refractivity contribution < 1.29 is 28.4 Å².